The normalized spacial score (nSPS) is 16.3. The maximum absolute atomic E-state index is 11.4. The van der Waals surface area contributed by atoms with Crippen molar-refractivity contribution in [1.82, 2.24) is 4.98 Å². The van der Waals surface area contributed by atoms with Crippen LogP contribution in [0.4, 0.5) is 11.5 Å². The first-order chi connectivity index (χ1) is 9.65. The summed E-state index contributed by atoms with van der Waals surface area (Å²) >= 11 is 0. The van der Waals surface area contributed by atoms with Crippen LogP contribution in [0.15, 0.2) is 36.5 Å². The smallest absolute Gasteiger partial charge is 0.252 e. The van der Waals surface area contributed by atoms with Crippen LogP contribution in [0.5, 0.6) is 5.75 Å². The number of anilines is 2. The molecule has 1 aliphatic rings. The summed E-state index contributed by atoms with van der Waals surface area (Å²) in [6.07, 6.45) is 1.48. The van der Waals surface area contributed by atoms with Gasteiger partial charge in [0.05, 0.1) is 23.5 Å². The Morgan fingerprint density at radius 2 is 2.20 bits per heavy atom. The van der Waals surface area contributed by atoms with Crippen molar-refractivity contribution >= 4 is 17.4 Å². The lowest BCUT2D eigenvalue weighted by Gasteiger charge is -2.14. The van der Waals surface area contributed by atoms with Crippen LogP contribution in [0.2, 0.25) is 0 Å². The van der Waals surface area contributed by atoms with Gasteiger partial charge in [-0.25, -0.2) is 4.98 Å². The molecule has 2 heterocycles. The Balaban J connectivity index is 1.92. The van der Waals surface area contributed by atoms with Crippen molar-refractivity contribution in [3.8, 4) is 5.75 Å². The number of amides is 1. The number of hydrogen-bond acceptors (Lipinski definition) is 5. The Labute approximate surface area is 115 Å². The van der Waals surface area contributed by atoms with Crippen LogP contribution in [-0.4, -0.2) is 17.5 Å². The van der Waals surface area contributed by atoms with Gasteiger partial charge in [-0.3, -0.25) is 4.79 Å². The molecule has 1 aromatic heterocycles. The van der Waals surface area contributed by atoms with Gasteiger partial charge >= 0.3 is 0 Å². The first-order valence-corrected chi connectivity index (χ1v) is 6.19. The molecule has 0 saturated heterocycles. The van der Waals surface area contributed by atoms with Gasteiger partial charge < -0.3 is 21.5 Å². The molecule has 1 unspecified atom stereocenters. The molecule has 0 spiro atoms. The number of para-hydroxylation sites is 1. The lowest BCUT2D eigenvalue weighted by atomic mass is 10.1. The molecular weight excluding hydrogens is 256 g/mol. The van der Waals surface area contributed by atoms with E-state index in [-0.39, 0.29) is 11.6 Å². The third-order valence-electron chi connectivity index (χ3n) is 3.19. The molecule has 1 aromatic carbocycles. The number of nitrogen functional groups attached to an aromatic ring is 1. The van der Waals surface area contributed by atoms with Crippen LogP contribution in [-0.2, 0) is 0 Å². The van der Waals surface area contributed by atoms with Gasteiger partial charge in [-0.2, -0.15) is 0 Å². The van der Waals surface area contributed by atoms with E-state index in [1.807, 2.05) is 24.3 Å². The molecule has 0 aliphatic carbocycles. The molecule has 102 valence electrons. The lowest BCUT2D eigenvalue weighted by molar-refractivity contribution is 0.100. The van der Waals surface area contributed by atoms with Gasteiger partial charge in [-0.1, -0.05) is 18.2 Å². The number of pyridine rings is 1. The average molecular weight is 270 g/mol. The largest absolute Gasteiger partial charge is 0.491 e. The summed E-state index contributed by atoms with van der Waals surface area (Å²) in [6.45, 7) is 0.476. The third-order valence-corrected chi connectivity index (χ3v) is 3.19. The van der Waals surface area contributed by atoms with Crippen LogP contribution >= 0.6 is 0 Å². The van der Waals surface area contributed by atoms with Gasteiger partial charge in [-0.15, -0.1) is 0 Å². The maximum atomic E-state index is 11.4. The van der Waals surface area contributed by atoms with Gasteiger partial charge in [0.15, 0.2) is 0 Å². The van der Waals surface area contributed by atoms with Crippen molar-refractivity contribution in [2.24, 2.45) is 5.73 Å². The van der Waals surface area contributed by atoms with E-state index >= 15 is 0 Å². The zero-order valence-electron chi connectivity index (χ0n) is 10.7. The molecule has 1 atom stereocenters. The van der Waals surface area contributed by atoms with Crippen molar-refractivity contribution in [1.29, 1.82) is 0 Å². The maximum Gasteiger partial charge on any atom is 0.252 e. The summed E-state index contributed by atoms with van der Waals surface area (Å²) in [4.78, 5) is 15.6. The van der Waals surface area contributed by atoms with Crippen molar-refractivity contribution in [2.45, 2.75) is 6.04 Å². The number of rotatable bonds is 3. The Hall–Kier alpha value is -2.76. The number of primary amides is 1. The molecule has 3 rings (SSSR count). The number of nitrogens with two attached hydrogens (primary N) is 2. The second kappa shape index (κ2) is 4.73. The fourth-order valence-corrected chi connectivity index (χ4v) is 2.23. The quantitative estimate of drug-likeness (QED) is 0.780. The Kier molecular flexibility index (Phi) is 2.90. The first-order valence-electron chi connectivity index (χ1n) is 6.19. The number of carbonyl (C=O) groups excluding carboxylic acids is 1. The zero-order valence-corrected chi connectivity index (χ0v) is 10.7. The number of nitrogens with zero attached hydrogens (tertiary/aromatic N) is 1. The molecule has 0 radical (unpaired) electrons. The number of hydrogen-bond donors (Lipinski definition) is 3. The monoisotopic (exact) mass is 270 g/mol. The molecule has 1 aliphatic heterocycles. The third kappa shape index (κ3) is 2.11. The molecular formula is C14H14N4O2. The summed E-state index contributed by atoms with van der Waals surface area (Å²) < 4.78 is 5.58. The highest BCUT2D eigenvalue weighted by Crippen LogP contribution is 2.34. The van der Waals surface area contributed by atoms with Crippen LogP contribution in [0.1, 0.15) is 22.0 Å². The molecule has 5 N–H and O–H groups in total. The van der Waals surface area contributed by atoms with Crippen molar-refractivity contribution in [2.75, 3.05) is 17.7 Å². The molecule has 6 nitrogen and oxygen atoms in total. The molecule has 0 fully saturated rings. The number of aromatic nitrogens is 1. The second-order valence-corrected chi connectivity index (χ2v) is 4.57. The van der Waals surface area contributed by atoms with Crippen molar-refractivity contribution in [3.05, 3.63) is 47.7 Å². The van der Waals surface area contributed by atoms with E-state index in [4.69, 9.17) is 16.2 Å². The SMILES string of the molecule is NC(=O)c1cc(N)cnc1NC1COc2ccccc21. The first kappa shape index (κ1) is 12.3. The van der Waals surface area contributed by atoms with Crippen LogP contribution in [0, 0.1) is 0 Å². The summed E-state index contributed by atoms with van der Waals surface area (Å²) in [5, 5.41) is 3.18. The molecule has 0 saturated carbocycles. The van der Waals surface area contributed by atoms with Gasteiger partial charge in [0.25, 0.3) is 5.91 Å². The van der Waals surface area contributed by atoms with Crippen LogP contribution in [0.3, 0.4) is 0 Å². The minimum absolute atomic E-state index is 0.0691. The summed E-state index contributed by atoms with van der Waals surface area (Å²) in [6, 6.07) is 9.18. The summed E-state index contributed by atoms with van der Waals surface area (Å²) in [5.41, 5.74) is 12.7. The van der Waals surface area contributed by atoms with Gasteiger partial charge in [-0.05, 0) is 12.1 Å². The minimum atomic E-state index is -0.570. The average Bonchev–Trinajstić information content (AvgIpc) is 2.84. The van der Waals surface area contributed by atoms with Gasteiger partial charge in [0.1, 0.15) is 18.2 Å². The predicted octanol–water partition coefficient (Wildman–Crippen LogP) is 1.31. The fraction of sp³-hybridized carbons (Fsp3) is 0.143. The highest BCUT2D eigenvalue weighted by Gasteiger charge is 2.25. The number of fused-ring (bicyclic) bond motifs is 1. The number of nitrogens with one attached hydrogen (secondary N) is 1. The highest BCUT2D eigenvalue weighted by molar-refractivity contribution is 5.98. The van der Waals surface area contributed by atoms with E-state index in [1.165, 1.54) is 12.3 Å². The van der Waals surface area contributed by atoms with Crippen LogP contribution in [0.25, 0.3) is 0 Å². The van der Waals surface area contributed by atoms with Crippen molar-refractivity contribution < 1.29 is 9.53 Å². The number of benzene rings is 1. The van der Waals surface area contributed by atoms with E-state index in [0.717, 1.165) is 11.3 Å². The Bertz CT molecular complexity index is 672. The lowest BCUT2D eigenvalue weighted by Crippen LogP contribution is -2.19. The van der Waals surface area contributed by atoms with E-state index in [1.54, 1.807) is 0 Å². The van der Waals surface area contributed by atoms with Gasteiger partial charge in [0, 0.05) is 5.56 Å². The topological polar surface area (TPSA) is 103 Å². The molecule has 0 bridgehead atoms. The molecule has 6 heteroatoms. The van der Waals surface area contributed by atoms with E-state index in [2.05, 4.69) is 10.3 Å². The Morgan fingerprint density at radius 3 is 3.00 bits per heavy atom. The standard InChI is InChI=1S/C14H14N4O2/c15-8-5-10(13(16)19)14(17-6-8)18-11-7-20-12-4-2-1-3-9(11)12/h1-6,11H,7,15H2,(H2,16,19)(H,17,18). The number of carbonyl (C=O) groups is 1. The predicted molar refractivity (Wildman–Crippen MR) is 75.5 cm³/mol. The van der Waals surface area contributed by atoms with Gasteiger partial charge in [0.2, 0.25) is 0 Å². The highest BCUT2D eigenvalue weighted by atomic mass is 16.5. The molecule has 20 heavy (non-hydrogen) atoms. The summed E-state index contributed by atoms with van der Waals surface area (Å²) in [7, 11) is 0. The second-order valence-electron chi connectivity index (χ2n) is 4.57. The zero-order chi connectivity index (χ0) is 14.1. The van der Waals surface area contributed by atoms with Crippen molar-refractivity contribution in [3.63, 3.8) is 0 Å². The minimum Gasteiger partial charge on any atom is -0.491 e. The summed E-state index contributed by atoms with van der Waals surface area (Å²) in [5.74, 6) is 0.678. The fourth-order valence-electron chi connectivity index (χ4n) is 2.23. The van der Waals surface area contributed by atoms with Crippen LogP contribution < -0.4 is 21.5 Å². The molecule has 1 amide bonds. The Morgan fingerprint density at radius 1 is 1.40 bits per heavy atom. The molecule has 2 aromatic rings. The number of ether oxygens (including phenoxy) is 1. The van der Waals surface area contributed by atoms with E-state index in [0.29, 0.717) is 18.1 Å². The van der Waals surface area contributed by atoms with E-state index in [9.17, 15) is 4.79 Å². The van der Waals surface area contributed by atoms with E-state index < -0.39 is 5.91 Å².